The van der Waals surface area contributed by atoms with E-state index in [1.807, 2.05) is 34.6 Å². The van der Waals surface area contributed by atoms with Crippen molar-refractivity contribution in [1.29, 1.82) is 0 Å². The summed E-state index contributed by atoms with van der Waals surface area (Å²) in [4.78, 5) is 42.2. The van der Waals surface area contributed by atoms with Crippen LogP contribution in [-0.2, 0) is 14.3 Å². The number of rotatable bonds is 12. The van der Waals surface area contributed by atoms with Gasteiger partial charge in [-0.15, -0.1) is 0 Å². The second-order valence-corrected chi connectivity index (χ2v) is 12.1. The molecule has 1 aromatic carbocycles. The Bertz CT molecular complexity index is 875. The largest absolute Gasteiger partial charge is 0.508 e. The predicted octanol–water partition coefficient (Wildman–Crippen LogP) is 5.55. The minimum atomic E-state index is -0.937. The molecule has 0 aliphatic heterocycles. The average Bonchev–Trinajstić information content (AvgIpc) is 2.73. The van der Waals surface area contributed by atoms with Gasteiger partial charge in [0.2, 0.25) is 11.8 Å². The van der Waals surface area contributed by atoms with Crippen LogP contribution in [0.1, 0.15) is 100 Å². The maximum atomic E-state index is 14.3. The summed E-state index contributed by atoms with van der Waals surface area (Å²) in [5.74, 6) is -0.0590. The lowest BCUT2D eigenvalue weighted by atomic mass is 9.95. The monoisotopic (exact) mass is 519 g/mol. The zero-order chi connectivity index (χ0) is 28.5. The highest BCUT2D eigenvalue weighted by Gasteiger charge is 2.39. The topological polar surface area (TPSA) is 108 Å². The van der Waals surface area contributed by atoms with Crippen molar-refractivity contribution in [3.63, 3.8) is 0 Å². The van der Waals surface area contributed by atoms with Gasteiger partial charge < -0.3 is 25.4 Å². The van der Waals surface area contributed by atoms with E-state index in [0.717, 1.165) is 6.42 Å². The molecule has 3 amide bonds. The molecule has 8 heteroatoms. The first-order chi connectivity index (χ1) is 17.0. The maximum Gasteiger partial charge on any atom is 0.408 e. The highest BCUT2D eigenvalue weighted by molar-refractivity contribution is 5.92. The zero-order valence-electron chi connectivity index (χ0n) is 24.4. The number of carbonyl (C=O) groups is 3. The van der Waals surface area contributed by atoms with E-state index in [0.29, 0.717) is 24.3 Å². The van der Waals surface area contributed by atoms with Crippen LogP contribution in [-0.4, -0.2) is 51.6 Å². The fourth-order valence-electron chi connectivity index (χ4n) is 4.09. The number of ether oxygens (including phenoxy) is 1. The van der Waals surface area contributed by atoms with Gasteiger partial charge in [-0.05, 0) is 90.3 Å². The van der Waals surface area contributed by atoms with E-state index in [4.69, 9.17) is 4.74 Å². The molecular formula is C29H49N3O5. The third-order valence-corrected chi connectivity index (χ3v) is 5.75. The van der Waals surface area contributed by atoms with Gasteiger partial charge in [0.25, 0.3) is 0 Å². The number of amides is 3. The minimum Gasteiger partial charge on any atom is -0.508 e. The second-order valence-electron chi connectivity index (χ2n) is 12.1. The van der Waals surface area contributed by atoms with Crippen LogP contribution in [0.5, 0.6) is 5.75 Å². The van der Waals surface area contributed by atoms with Gasteiger partial charge in [0.1, 0.15) is 23.4 Å². The molecule has 0 aliphatic carbocycles. The normalized spacial score (nSPS) is 14.3. The van der Waals surface area contributed by atoms with Crippen molar-refractivity contribution < 1.29 is 24.2 Å². The molecule has 0 aliphatic rings. The van der Waals surface area contributed by atoms with Gasteiger partial charge in [-0.1, -0.05) is 39.8 Å². The Morgan fingerprint density at radius 1 is 0.892 bits per heavy atom. The summed E-state index contributed by atoms with van der Waals surface area (Å²) in [6, 6.07) is 4.11. The summed E-state index contributed by atoms with van der Waals surface area (Å²) in [6.45, 7) is 19.2. The van der Waals surface area contributed by atoms with Crippen molar-refractivity contribution in [2.24, 2.45) is 11.8 Å². The molecule has 0 bridgehead atoms. The SMILES string of the molecule is CC(C)CCC(C)N(C(=O)C(CC(C)C)NC(=O)OC(C)(C)C)C(C(=O)NC(C)C)c1ccc(O)cc1. The van der Waals surface area contributed by atoms with Crippen molar-refractivity contribution in [3.05, 3.63) is 29.8 Å². The van der Waals surface area contributed by atoms with Crippen LogP contribution in [0.15, 0.2) is 24.3 Å². The zero-order valence-corrected chi connectivity index (χ0v) is 24.4. The van der Waals surface area contributed by atoms with Gasteiger partial charge >= 0.3 is 6.09 Å². The van der Waals surface area contributed by atoms with Crippen LogP contribution in [0.3, 0.4) is 0 Å². The van der Waals surface area contributed by atoms with Crippen LogP contribution in [0, 0.1) is 11.8 Å². The van der Waals surface area contributed by atoms with E-state index < -0.39 is 23.8 Å². The predicted molar refractivity (Wildman–Crippen MR) is 147 cm³/mol. The maximum absolute atomic E-state index is 14.3. The van der Waals surface area contributed by atoms with Gasteiger partial charge in [-0.2, -0.15) is 0 Å². The number of alkyl carbamates (subject to hydrolysis) is 1. The first kappa shape index (κ1) is 32.3. The lowest BCUT2D eigenvalue weighted by Gasteiger charge is -2.39. The molecule has 8 nitrogen and oxygen atoms in total. The number of hydrogen-bond acceptors (Lipinski definition) is 5. The number of aromatic hydroxyl groups is 1. The summed E-state index contributed by atoms with van der Waals surface area (Å²) in [6.07, 6.45) is 1.27. The molecule has 1 rings (SSSR count). The van der Waals surface area contributed by atoms with Crippen molar-refractivity contribution in [2.45, 2.75) is 118 Å². The Labute approximate surface area is 223 Å². The fourth-order valence-corrected chi connectivity index (χ4v) is 4.09. The highest BCUT2D eigenvalue weighted by atomic mass is 16.6. The molecule has 0 saturated heterocycles. The van der Waals surface area contributed by atoms with Crippen LogP contribution in [0.2, 0.25) is 0 Å². The number of nitrogens with one attached hydrogen (secondary N) is 2. The lowest BCUT2D eigenvalue weighted by molar-refractivity contribution is -0.145. The van der Waals surface area contributed by atoms with E-state index >= 15 is 0 Å². The number of phenols is 1. The Morgan fingerprint density at radius 3 is 1.92 bits per heavy atom. The first-order valence-corrected chi connectivity index (χ1v) is 13.4. The summed E-state index contributed by atoms with van der Waals surface area (Å²) in [7, 11) is 0. The molecule has 0 aromatic heterocycles. The summed E-state index contributed by atoms with van der Waals surface area (Å²) in [5.41, 5.74) is -0.132. The van der Waals surface area contributed by atoms with E-state index in [1.165, 1.54) is 12.1 Å². The molecule has 1 aromatic rings. The van der Waals surface area contributed by atoms with Crippen molar-refractivity contribution >= 4 is 17.9 Å². The standard InChI is InChI=1S/C29H49N3O5/c1-18(2)11-12-21(7)32(25(26(34)30-20(5)6)22-13-15-23(33)16-14-22)27(35)24(17-19(3)4)31-28(36)37-29(8,9)10/h13-16,18-21,24-25,33H,11-12,17H2,1-10H3,(H,30,34)(H,31,36). The molecular weight excluding hydrogens is 470 g/mol. The van der Waals surface area contributed by atoms with Crippen LogP contribution < -0.4 is 10.6 Å². The molecule has 3 unspecified atom stereocenters. The highest BCUT2D eigenvalue weighted by Crippen LogP contribution is 2.29. The quantitative estimate of drug-likeness (QED) is 0.335. The van der Waals surface area contributed by atoms with Crippen molar-refractivity contribution in [2.75, 3.05) is 0 Å². The molecule has 0 saturated carbocycles. The molecule has 3 atom stereocenters. The summed E-state index contributed by atoms with van der Waals surface area (Å²) < 4.78 is 5.45. The number of hydrogen-bond donors (Lipinski definition) is 3. The molecule has 0 spiro atoms. The summed E-state index contributed by atoms with van der Waals surface area (Å²) >= 11 is 0. The molecule has 0 fully saturated rings. The Kier molecular flexibility index (Phi) is 12.4. The molecule has 0 radical (unpaired) electrons. The smallest absolute Gasteiger partial charge is 0.408 e. The molecule has 0 heterocycles. The van der Waals surface area contributed by atoms with E-state index in [-0.39, 0.29) is 35.6 Å². The Balaban J connectivity index is 3.59. The Hall–Kier alpha value is -2.77. The third-order valence-electron chi connectivity index (χ3n) is 5.75. The van der Waals surface area contributed by atoms with E-state index in [9.17, 15) is 19.5 Å². The summed E-state index contributed by atoms with van der Waals surface area (Å²) in [5, 5.41) is 15.6. The van der Waals surface area contributed by atoms with Crippen LogP contribution in [0.25, 0.3) is 0 Å². The average molecular weight is 520 g/mol. The lowest BCUT2D eigenvalue weighted by Crippen LogP contribution is -2.56. The van der Waals surface area contributed by atoms with Crippen LogP contribution >= 0.6 is 0 Å². The van der Waals surface area contributed by atoms with Gasteiger partial charge in [0.15, 0.2) is 0 Å². The van der Waals surface area contributed by atoms with Gasteiger partial charge in [0, 0.05) is 12.1 Å². The first-order valence-electron chi connectivity index (χ1n) is 13.4. The molecule has 210 valence electrons. The van der Waals surface area contributed by atoms with Crippen molar-refractivity contribution in [1.82, 2.24) is 15.5 Å². The second kappa shape index (κ2) is 14.2. The molecule has 37 heavy (non-hydrogen) atoms. The van der Waals surface area contributed by atoms with E-state index in [2.05, 4.69) is 24.5 Å². The molecule has 3 N–H and O–H groups in total. The number of phenolic OH excluding ortho intramolecular Hbond substituents is 1. The number of benzene rings is 1. The Morgan fingerprint density at radius 2 is 1.46 bits per heavy atom. The van der Waals surface area contributed by atoms with E-state index in [1.54, 1.807) is 37.8 Å². The fraction of sp³-hybridized carbons (Fsp3) is 0.690. The number of nitrogens with zero attached hydrogens (tertiary/aromatic N) is 1. The number of carbonyl (C=O) groups excluding carboxylic acids is 3. The van der Waals surface area contributed by atoms with Gasteiger partial charge in [-0.3, -0.25) is 9.59 Å². The van der Waals surface area contributed by atoms with Crippen LogP contribution in [0.4, 0.5) is 4.79 Å². The third kappa shape index (κ3) is 11.4. The van der Waals surface area contributed by atoms with Crippen molar-refractivity contribution in [3.8, 4) is 5.75 Å². The minimum absolute atomic E-state index is 0.0711. The van der Waals surface area contributed by atoms with Gasteiger partial charge in [-0.25, -0.2) is 4.79 Å². The van der Waals surface area contributed by atoms with Gasteiger partial charge in [0.05, 0.1) is 0 Å².